The molecule has 140 valence electrons. The summed E-state index contributed by atoms with van der Waals surface area (Å²) in [7, 11) is 0. The summed E-state index contributed by atoms with van der Waals surface area (Å²) in [6.45, 7) is 1.01. The van der Waals surface area contributed by atoms with Crippen molar-refractivity contribution in [3.05, 3.63) is 60.4 Å². The molecule has 7 heteroatoms. The first-order chi connectivity index (χ1) is 13.1. The monoisotopic (exact) mass is 366 g/mol. The molecule has 0 unspecified atom stereocenters. The fraction of sp³-hybridized carbons (Fsp3) is 0.300. The fourth-order valence-electron chi connectivity index (χ4n) is 2.98. The number of pyridine rings is 1. The van der Waals surface area contributed by atoms with Gasteiger partial charge in [-0.15, -0.1) is 0 Å². The van der Waals surface area contributed by atoms with Crippen LogP contribution in [0.2, 0.25) is 0 Å². The van der Waals surface area contributed by atoms with Gasteiger partial charge in [-0.25, -0.2) is 0 Å². The molecule has 3 amide bonds. The van der Waals surface area contributed by atoms with Crippen molar-refractivity contribution >= 4 is 23.4 Å². The van der Waals surface area contributed by atoms with Gasteiger partial charge in [0, 0.05) is 50.6 Å². The first-order valence-electron chi connectivity index (χ1n) is 8.92. The molecule has 2 heterocycles. The number of nitrogens with zero attached hydrogens (tertiary/aromatic N) is 2. The lowest BCUT2D eigenvalue weighted by Gasteiger charge is -2.16. The first kappa shape index (κ1) is 18.6. The van der Waals surface area contributed by atoms with Gasteiger partial charge < -0.3 is 15.5 Å². The van der Waals surface area contributed by atoms with Crippen molar-refractivity contribution in [2.45, 2.75) is 19.4 Å². The molecule has 1 atom stereocenters. The Morgan fingerprint density at radius 3 is 2.67 bits per heavy atom. The molecule has 0 aliphatic carbocycles. The van der Waals surface area contributed by atoms with E-state index >= 15 is 0 Å². The van der Waals surface area contributed by atoms with Gasteiger partial charge in [-0.2, -0.15) is 0 Å². The Morgan fingerprint density at radius 1 is 1.11 bits per heavy atom. The van der Waals surface area contributed by atoms with Crippen molar-refractivity contribution in [3.8, 4) is 0 Å². The van der Waals surface area contributed by atoms with Gasteiger partial charge in [0.05, 0.1) is 5.92 Å². The summed E-state index contributed by atoms with van der Waals surface area (Å²) in [6.07, 6.45) is 3.74. The second kappa shape index (κ2) is 8.93. The van der Waals surface area contributed by atoms with Crippen molar-refractivity contribution in [2.24, 2.45) is 5.92 Å². The fourth-order valence-corrected chi connectivity index (χ4v) is 2.98. The van der Waals surface area contributed by atoms with Gasteiger partial charge in [0.25, 0.3) is 0 Å². The smallest absolute Gasteiger partial charge is 0.227 e. The van der Waals surface area contributed by atoms with Gasteiger partial charge in [0.2, 0.25) is 17.7 Å². The normalized spacial score (nSPS) is 16.2. The predicted octanol–water partition coefficient (Wildman–Crippen LogP) is 1.26. The van der Waals surface area contributed by atoms with Crippen LogP contribution in [0.5, 0.6) is 0 Å². The van der Waals surface area contributed by atoms with E-state index in [2.05, 4.69) is 15.6 Å². The van der Waals surface area contributed by atoms with Crippen LogP contribution in [-0.2, 0) is 20.9 Å². The van der Waals surface area contributed by atoms with E-state index in [9.17, 15) is 14.4 Å². The minimum absolute atomic E-state index is 0.0597. The van der Waals surface area contributed by atoms with Crippen LogP contribution in [-0.4, -0.2) is 35.8 Å². The van der Waals surface area contributed by atoms with Crippen molar-refractivity contribution in [1.29, 1.82) is 0 Å². The number of amides is 3. The number of rotatable bonds is 7. The lowest BCUT2D eigenvalue weighted by atomic mass is 10.1. The van der Waals surface area contributed by atoms with Gasteiger partial charge in [-0.05, 0) is 23.8 Å². The number of hydrogen-bond acceptors (Lipinski definition) is 4. The van der Waals surface area contributed by atoms with Crippen molar-refractivity contribution in [3.63, 3.8) is 0 Å². The zero-order valence-electron chi connectivity index (χ0n) is 14.9. The number of carbonyl (C=O) groups is 3. The van der Waals surface area contributed by atoms with E-state index in [1.165, 1.54) is 0 Å². The van der Waals surface area contributed by atoms with E-state index < -0.39 is 5.92 Å². The first-order valence-corrected chi connectivity index (χ1v) is 8.92. The third kappa shape index (κ3) is 5.13. The molecule has 7 nitrogen and oxygen atoms in total. The highest BCUT2D eigenvalue weighted by Gasteiger charge is 2.34. The van der Waals surface area contributed by atoms with Gasteiger partial charge in [0.1, 0.15) is 0 Å². The minimum atomic E-state index is -0.392. The molecule has 27 heavy (non-hydrogen) atoms. The predicted molar refractivity (Wildman–Crippen MR) is 101 cm³/mol. The molecule has 2 N–H and O–H groups in total. The summed E-state index contributed by atoms with van der Waals surface area (Å²) < 4.78 is 0. The van der Waals surface area contributed by atoms with Crippen molar-refractivity contribution in [1.82, 2.24) is 15.6 Å². The maximum Gasteiger partial charge on any atom is 0.227 e. The topological polar surface area (TPSA) is 91.4 Å². The highest BCUT2D eigenvalue weighted by atomic mass is 16.2. The summed E-state index contributed by atoms with van der Waals surface area (Å²) in [5, 5.41) is 5.54. The third-order valence-electron chi connectivity index (χ3n) is 4.43. The molecule has 3 rings (SSSR count). The number of anilines is 1. The lowest BCUT2D eigenvalue weighted by Crippen LogP contribution is -2.35. The SMILES string of the molecule is O=C(CCNC(=O)[C@@H]1CC(=O)N(c2ccccc2)C1)NCc1cccnc1. The molecule has 0 radical (unpaired) electrons. The summed E-state index contributed by atoms with van der Waals surface area (Å²) in [5.41, 5.74) is 1.72. The summed E-state index contributed by atoms with van der Waals surface area (Å²) in [6, 6.07) is 13.0. The Labute approximate surface area is 157 Å². The average molecular weight is 366 g/mol. The molecule has 0 saturated carbocycles. The quantitative estimate of drug-likeness (QED) is 0.772. The Balaban J connectivity index is 1.39. The molecule has 1 aliphatic rings. The minimum Gasteiger partial charge on any atom is -0.355 e. The van der Waals surface area contributed by atoms with Gasteiger partial charge in [-0.1, -0.05) is 24.3 Å². The molecule has 0 spiro atoms. The molecular weight excluding hydrogens is 344 g/mol. The number of benzene rings is 1. The van der Waals surface area contributed by atoms with E-state index in [0.717, 1.165) is 11.3 Å². The standard InChI is InChI=1S/C20H22N4O3/c25-18(23-13-15-5-4-9-21-12-15)8-10-22-20(27)16-11-19(26)24(14-16)17-6-2-1-3-7-17/h1-7,9,12,16H,8,10-11,13-14H2,(H,22,27)(H,23,25)/t16-/m1/s1. The maximum absolute atomic E-state index is 12.3. The number of nitrogens with one attached hydrogen (secondary N) is 2. The molecule has 1 aromatic carbocycles. The van der Waals surface area contributed by atoms with Crippen LogP contribution in [0.4, 0.5) is 5.69 Å². The highest BCUT2D eigenvalue weighted by molar-refractivity contribution is 6.00. The molecule has 1 saturated heterocycles. The summed E-state index contributed by atoms with van der Waals surface area (Å²) in [4.78, 5) is 41.9. The van der Waals surface area contributed by atoms with Crippen LogP contribution < -0.4 is 15.5 Å². The second-order valence-corrected chi connectivity index (χ2v) is 6.42. The molecule has 0 bridgehead atoms. The van der Waals surface area contributed by atoms with Gasteiger partial charge in [0.15, 0.2) is 0 Å². The van der Waals surface area contributed by atoms with Crippen molar-refractivity contribution in [2.75, 3.05) is 18.0 Å². The maximum atomic E-state index is 12.3. The van der Waals surface area contributed by atoms with E-state index in [1.54, 1.807) is 17.3 Å². The lowest BCUT2D eigenvalue weighted by molar-refractivity contribution is -0.126. The van der Waals surface area contributed by atoms with Crippen LogP contribution in [0.25, 0.3) is 0 Å². The molecule has 1 fully saturated rings. The van der Waals surface area contributed by atoms with Crippen LogP contribution in [0.1, 0.15) is 18.4 Å². The molecule has 2 aromatic rings. The highest BCUT2D eigenvalue weighted by Crippen LogP contribution is 2.24. The Kier molecular flexibility index (Phi) is 6.14. The number of para-hydroxylation sites is 1. The Hall–Kier alpha value is -3.22. The third-order valence-corrected chi connectivity index (χ3v) is 4.43. The summed E-state index contributed by atoms with van der Waals surface area (Å²) in [5.74, 6) is -0.791. The van der Waals surface area contributed by atoms with E-state index in [-0.39, 0.29) is 37.1 Å². The molecule has 1 aromatic heterocycles. The van der Waals surface area contributed by atoms with Crippen molar-refractivity contribution < 1.29 is 14.4 Å². The van der Waals surface area contributed by atoms with Crippen LogP contribution >= 0.6 is 0 Å². The Morgan fingerprint density at radius 2 is 1.93 bits per heavy atom. The van der Waals surface area contributed by atoms with Gasteiger partial charge >= 0.3 is 0 Å². The second-order valence-electron chi connectivity index (χ2n) is 6.42. The van der Waals surface area contributed by atoms with Crippen LogP contribution in [0.15, 0.2) is 54.9 Å². The van der Waals surface area contributed by atoms with Crippen LogP contribution in [0.3, 0.4) is 0 Å². The number of carbonyl (C=O) groups excluding carboxylic acids is 3. The molecule has 1 aliphatic heterocycles. The average Bonchev–Trinajstić information content (AvgIpc) is 3.09. The largest absolute Gasteiger partial charge is 0.355 e. The van der Waals surface area contributed by atoms with E-state index in [1.807, 2.05) is 42.5 Å². The number of aromatic nitrogens is 1. The molecular formula is C20H22N4O3. The van der Waals surface area contributed by atoms with Gasteiger partial charge in [-0.3, -0.25) is 19.4 Å². The van der Waals surface area contributed by atoms with E-state index in [4.69, 9.17) is 0 Å². The summed E-state index contributed by atoms with van der Waals surface area (Å²) >= 11 is 0. The Bertz CT molecular complexity index is 795. The zero-order chi connectivity index (χ0) is 19.1. The van der Waals surface area contributed by atoms with E-state index in [0.29, 0.717) is 13.1 Å². The zero-order valence-corrected chi connectivity index (χ0v) is 14.9. The number of hydrogen-bond donors (Lipinski definition) is 2. The van der Waals surface area contributed by atoms with Crippen LogP contribution in [0, 0.1) is 5.92 Å².